The van der Waals surface area contributed by atoms with Gasteiger partial charge in [-0.25, -0.2) is 0 Å². The molecule has 1 heterocycles. The van der Waals surface area contributed by atoms with Gasteiger partial charge in [-0.05, 0) is 26.7 Å². The van der Waals surface area contributed by atoms with E-state index in [0.717, 1.165) is 30.7 Å². The molecule has 1 unspecified atom stereocenters. The van der Waals surface area contributed by atoms with Crippen LogP contribution in [0.15, 0.2) is 12.3 Å². The summed E-state index contributed by atoms with van der Waals surface area (Å²) < 4.78 is 0. The molecule has 23 heavy (non-hydrogen) atoms. The lowest BCUT2D eigenvalue weighted by molar-refractivity contribution is -0.127. The first-order valence-electron chi connectivity index (χ1n) is 8.32. The Morgan fingerprint density at radius 1 is 1.30 bits per heavy atom. The van der Waals surface area contributed by atoms with Crippen molar-refractivity contribution in [1.82, 2.24) is 10.2 Å². The average Bonchev–Trinajstić information content (AvgIpc) is 2.74. The van der Waals surface area contributed by atoms with E-state index in [0.29, 0.717) is 32.4 Å². The van der Waals surface area contributed by atoms with Crippen LogP contribution in [0.4, 0.5) is 0 Å². The van der Waals surface area contributed by atoms with Crippen LogP contribution < -0.4 is 5.32 Å². The van der Waals surface area contributed by atoms with Crippen LogP contribution >= 0.6 is 11.8 Å². The first kappa shape index (κ1) is 19.7. The smallest absolute Gasteiger partial charge is 0.228 e. The van der Waals surface area contributed by atoms with Crippen molar-refractivity contribution in [2.75, 3.05) is 18.8 Å². The largest absolute Gasteiger partial charge is 0.356 e. The number of ketones is 1. The van der Waals surface area contributed by atoms with Crippen LogP contribution in [-0.2, 0) is 14.4 Å². The molecule has 0 aliphatic carbocycles. The molecule has 130 valence electrons. The molecule has 0 aromatic carbocycles. The molecule has 1 atom stereocenters. The van der Waals surface area contributed by atoms with Crippen molar-refractivity contribution in [2.45, 2.75) is 57.6 Å². The molecule has 1 saturated heterocycles. The third-order valence-corrected chi connectivity index (χ3v) is 5.09. The minimum absolute atomic E-state index is 0.0936. The highest BCUT2D eigenvalue weighted by Gasteiger charge is 2.33. The summed E-state index contributed by atoms with van der Waals surface area (Å²) in [4.78, 5) is 36.2. The Bertz CT molecular complexity index is 451. The molecule has 0 saturated carbocycles. The number of unbranched alkanes of at least 4 members (excludes halogenated alkanes) is 2. The van der Waals surface area contributed by atoms with Crippen LogP contribution in [0.3, 0.4) is 0 Å². The number of rotatable bonds is 11. The number of nitrogens with zero attached hydrogens (tertiary/aromatic N) is 1. The Hall–Kier alpha value is -1.30. The second kappa shape index (κ2) is 10.5. The number of hydrogen-bond acceptors (Lipinski definition) is 4. The molecule has 0 spiro atoms. The lowest BCUT2D eigenvalue weighted by Crippen LogP contribution is -2.25. The highest BCUT2D eigenvalue weighted by molar-refractivity contribution is 8.00. The Balaban J connectivity index is 2.23. The van der Waals surface area contributed by atoms with E-state index in [4.69, 9.17) is 0 Å². The summed E-state index contributed by atoms with van der Waals surface area (Å²) in [6, 6.07) is 0. The maximum atomic E-state index is 12.1. The standard InChI is InChI=1S/C17H28N2O3S/c1-4-18-16(21)8-6-5-7-10-19-14(3)15(12-17(19)22)23-11-9-13(2)20/h15H,3-12H2,1-2H3,(H,18,21). The van der Waals surface area contributed by atoms with E-state index in [1.54, 1.807) is 23.6 Å². The summed E-state index contributed by atoms with van der Waals surface area (Å²) in [6.45, 7) is 8.90. The second-order valence-electron chi connectivity index (χ2n) is 5.82. The highest BCUT2D eigenvalue weighted by Crippen LogP contribution is 2.32. The molecule has 0 radical (unpaired) electrons. The van der Waals surface area contributed by atoms with Crippen LogP contribution in [0, 0.1) is 0 Å². The number of hydrogen-bond donors (Lipinski definition) is 1. The van der Waals surface area contributed by atoms with E-state index in [2.05, 4.69) is 11.9 Å². The van der Waals surface area contributed by atoms with Crippen molar-refractivity contribution in [3.8, 4) is 0 Å². The van der Waals surface area contributed by atoms with Gasteiger partial charge in [0.25, 0.3) is 0 Å². The monoisotopic (exact) mass is 340 g/mol. The summed E-state index contributed by atoms with van der Waals surface area (Å²) in [5.74, 6) is 1.14. The maximum absolute atomic E-state index is 12.1. The van der Waals surface area contributed by atoms with E-state index >= 15 is 0 Å². The minimum Gasteiger partial charge on any atom is -0.356 e. The molecule has 1 aliphatic heterocycles. The quantitative estimate of drug-likeness (QED) is 0.587. The summed E-state index contributed by atoms with van der Waals surface area (Å²) in [6.07, 6.45) is 4.23. The third kappa shape index (κ3) is 7.20. The predicted octanol–water partition coefficient (Wildman–Crippen LogP) is 2.51. The molecule has 1 N–H and O–H groups in total. The first-order valence-corrected chi connectivity index (χ1v) is 9.37. The fourth-order valence-corrected chi connectivity index (χ4v) is 3.78. The fraction of sp³-hybridized carbons (Fsp3) is 0.706. The van der Waals surface area contributed by atoms with Crippen molar-refractivity contribution in [3.63, 3.8) is 0 Å². The second-order valence-corrected chi connectivity index (χ2v) is 7.13. The summed E-state index contributed by atoms with van der Waals surface area (Å²) in [7, 11) is 0. The molecule has 1 rings (SSSR count). The van der Waals surface area contributed by atoms with Crippen molar-refractivity contribution in [1.29, 1.82) is 0 Å². The van der Waals surface area contributed by atoms with Gasteiger partial charge in [-0.3, -0.25) is 14.4 Å². The Kier molecular flexibility index (Phi) is 8.99. The molecular formula is C17H28N2O3S. The minimum atomic E-state index is 0.0936. The van der Waals surface area contributed by atoms with Gasteiger partial charge in [0.05, 0.1) is 5.25 Å². The molecule has 2 amide bonds. The van der Waals surface area contributed by atoms with Crippen LogP contribution in [0.2, 0.25) is 0 Å². The normalized spacial score (nSPS) is 17.7. The van der Waals surface area contributed by atoms with Gasteiger partial charge < -0.3 is 10.2 Å². The van der Waals surface area contributed by atoms with E-state index in [1.807, 2.05) is 6.92 Å². The zero-order valence-corrected chi connectivity index (χ0v) is 15.0. The van der Waals surface area contributed by atoms with Crippen LogP contribution in [0.1, 0.15) is 52.4 Å². The van der Waals surface area contributed by atoms with Gasteiger partial charge in [-0.15, -0.1) is 0 Å². The zero-order valence-electron chi connectivity index (χ0n) is 14.2. The fourth-order valence-electron chi connectivity index (χ4n) is 2.51. The lowest BCUT2D eigenvalue weighted by Gasteiger charge is -2.19. The van der Waals surface area contributed by atoms with E-state index in [9.17, 15) is 14.4 Å². The highest BCUT2D eigenvalue weighted by atomic mass is 32.2. The van der Waals surface area contributed by atoms with E-state index in [-0.39, 0.29) is 22.8 Å². The first-order chi connectivity index (χ1) is 11.0. The number of carbonyl (C=O) groups is 3. The Labute approximate surface area is 143 Å². The number of Topliss-reactive ketones (excluding diaryl/α,β-unsaturated/α-hetero) is 1. The molecule has 0 aromatic rings. The molecule has 0 bridgehead atoms. The lowest BCUT2D eigenvalue weighted by atomic mass is 10.2. The molecule has 0 aromatic heterocycles. The van der Waals surface area contributed by atoms with Crippen LogP contribution in [-0.4, -0.2) is 46.6 Å². The Morgan fingerprint density at radius 3 is 2.70 bits per heavy atom. The van der Waals surface area contributed by atoms with Crippen molar-refractivity contribution in [2.24, 2.45) is 0 Å². The van der Waals surface area contributed by atoms with E-state index in [1.165, 1.54) is 0 Å². The maximum Gasteiger partial charge on any atom is 0.228 e. The van der Waals surface area contributed by atoms with Crippen molar-refractivity contribution >= 4 is 29.4 Å². The van der Waals surface area contributed by atoms with Crippen molar-refractivity contribution in [3.05, 3.63) is 12.3 Å². The molecule has 6 heteroatoms. The number of thioether (sulfide) groups is 1. The summed E-state index contributed by atoms with van der Waals surface area (Å²) >= 11 is 1.65. The summed E-state index contributed by atoms with van der Waals surface area (Å²) in [5, 5.41) is 2.89. The van der Waals surface area contributed by atoms with E-state index < -0.39 is 0 Å². The summed E-state index contributed by atoms with van der Waals surface area (Å²) in [5.41, 5.74) is 0.868. The predicted molar refractivity (Wildman–Crippen MR) is 94.2 cm³/mol. The topological polar surface area (TPSA) is 66.5 Å². The van der Waals surface area contributed by atoms with Crippen LogP contribution in [0.5, 0.6) is 0 Å². The van der Waals surface area contributed by atoms with Crippen molar-refractivity contribution < 1.29 is 14.4 Å². The zero-order chi connectivity index (χ0) is 17.2. The number of amides is 2. The van der Waals surface area contributed by atoms with Gasteiger partial charge >= 0.3 is 0 Å². The van der Waals surface area contributed by atoms with Gasteiger partial charge in [0.1, 0.15) is 5.78 Å². The molecule has 1 fully saturated rings. The number of nitrogens with one attached hydrogen (secondary N) is 1. The van der Waals surface area contributed by atoms with Gasteiger partial charge in [-0.2, -0.15) is 11.8 Å². The van der Waals surface area contributed by atoms with Crippen LogP contribution in [0.25, 0.3) is 0 Å². The SMILES string of the molecule is C=C1C(SCCC(C)=O)CC(=O)N1CCCCCC(=O)NCC. The van der Waals surface area contributed by atoms with Gasteiger partial charge in [0, 0.05) is 43.8 Å². The van der Waals surface area contributed by atoms with Gasteiger partial charge in [0.15, 0.2) is 0 Å². The third-order valence-electron chi connectivity index (χ3n) is 3.81. The van der Waals surface area contributed by atoms with Gasteiger partial charge in [-0.1, -0.05) is 13.0 Å². The molecule has 5 nitrogen and oxygen atoms in total. The number of likely N-dealkylation sites (tertiary alicyclic amines) is 1. The number of carbonyl (C=O) groups excluding carboxylic acids is 3. The Morgan fingerprint density at radius 2 is 2.04 bits per heavy atom. The molecular weight excluding hydrogens is 312 g/mol. The van der Waals surface area contributed by atoms with Gasteiger partial charge in [0.2, 0.25) is 11.8 Å². The average molecular weight is 340 g/mol. The molecule has 1 aliphatic rings.